The first-order valence-corrected chi connectivity index (χ1v) is 20.1. The van der Waals surface area contributed by atoms with E-state index < -0.39 is 28.3 Å². The number of hydrogen-bond donors (Lipinski definition) is 2. The van der Waals surface area contributed by atoms with Gasteiger partial charge in [-0.3, -0.25) is 19.2 Å². The summed E-state index contributed by atoms with van der Waals surface area (Å²) in [5, 5.41) is 13.1. The lowest BCUT2D eigenvalue weighted by atomic mass is 9.33. The summed E-state index contributed by atoms with van der Waals surface area (Å²) in [6.07, 6.45) is 7.31. The number of hydrogen-bond acceptors (Lipinski definition) is 5. The van der Waals surface area contributed by atoms with Gasteiger partial charge < -0.3 is 15.2 Å². The van der Waals surface area contributed by atoms with Crippen molar-refractivity contribution in [1.29, 1.82) is 0 Å². The van der Waals surface area contributed by atoms with Gasteiger partial charge in [0, 0.05) is 11.8 Å². The van der Waals surface area contributed by atoms with E-state index in [1.165, 1.54) is 0 Å². The number of fused-ring (bicyclic) bond motifs is 7. The lowest BCUT2D eigenvalue weighted by molar-refractivity contribution is -0.233. The van der Waals surface area contributed by atoms with E-state index in [4.69, 9.17) is 4.74 Å². The van der Waals surface area contributed by atoms with Crippen LogP contribution in [0.4, 0.5) is 0 Å². The fourth-order valence-corrected chi connectivity index (χ4v) is 13.0. The maximum absolute atomic E-state index is 14.8. The van der Waals surface area contributed by atoms with Crippen molar-refractivity contribution in [1.82, 2.24) is 5.32 Å². The number of carboxylic acids is 1. The molecule has 1 aromatic carbocycles. The first-order chi connectivity index (χ1) is 24.0. The molecule has 2 unspecified atom stereocenters. The van der Waals surface area contributed by atoms with Crippen LogP contribution in [-0.2, 0) is 29.5 Å². The quantitative estimate of drug-likeness (QED) is 0.260. The Hall–Kier alpha value is -2.96. The molecule has 0 aliphatic heterocycles. The molecule has 286 valence electrons. The number of carboxylic acid groups (broad SMARTS) is 1. The SMILES string of the molecule is CC(C)C1=C2[C@H]3CCC4[C@@]5(C)CC[C@H](OC(=O)CC(C)(C)C(=O)O)C(C)(C)C5CC[C@@]4(C)[C@]3(C)CC[C@@]2(C(=O)NC(C)(C)c2ccccc2)CC1=O. The summed E-state index contributed by atoms with van der Waals surface area (Å²) in [4.78, 5) is 53.7. The summed E-state index contributed by atoms with van der Waals surface area (Å²) in [7, 11) is 0. The largest absolute Gasteiger partial charge is 0.481 e. The summed E-state index contributed by atoms with van der Waals surface area (Å²) in [6, 6.07) is 10.1. The number of rotatable bonds is 8. The number of benzene rings is 1. The number of carbonyl (C=O) groups excluding carboxylic acids is 3. The molecule has 0 saturated heterocycles. The zero-order chi connectivity index (χ0) is 38.4. The first-order valence-electron chi connectivity index (χ1n) is 20.1. The van der Waals surface area contributed by atoms with Crippen molar-refractivity contribution in [3.63, 3.8) is 0 Å². The lowest BCUT2D eigenvalue weighted by Crippen LogP contribution is -2.66. The van der Waals surface area contributed by atoms with Gasteiger partial charge in [0.2, 0.25) is 5.91 Å². The van der Waals surface area contributed by atoms with Gasteiger partial charge in [0.1, 0.15) is 6.10 Å². The van der Waals surface area contributed by atoms with Crippen molar-refractivity contribution in [3.05, 3.63) is 47.0 Å². The summed E-state index contributed by atoms with van der Waals surface area (Å²) < 4.78 is 6.16. The van der Waals surface area contributed by atoms with Crippen LogP contribution in [0.25, 0.3) is 0 Å². The highest BCUT2D eigenvalue weighted by atomic mass is 16.5. The minimum atomic E-state index is -1.17. The van der Waals surface area contributed by atoms with Crippen molar-refractivity contribution in [3.8, 4) is 0 Å². The predicted molar refractivity (Wildman–Crippen MR) is 203 cm³/mol. The molecule has 5 aliphatic rings. The second-order valence-corrected chi connectivity index (χ2v) is 20.4. The van der Waals surface area contributed by atoms with Crippen molar-refractivity contribution < 1.29 is 29.0 Å². The lowest BCUT2D eigenvalue weighted by Gasteiger charge is -2.72. The normalized spacial score (nSPS) is 37.0. The van der Waals surface area contributed by atoms with Gasteiger partial charge in [-0.05, 0) is 136 Å². The van der Waals surface area contributed by atoms with E-state index in [-0.39, 0.29) is 64.1 Å². The van der Waals surface area contributed by atoms with Crippen LogP contribution >= 0.6 is 0 Å². The second-order valence-electron chi connectivity index (χ2n) is 20.4. The fraction of sp³-hybridized carbons (Fsp3) is 0.733. The molecule has 52 heavy (non-hydrogen) atoms. The van der Waals surface area contributed by atoms with E-state index in [1.807, 2.05) is 18.2 Å². The molecule has 0 radical (unpaired) electrons. The molecule has 6 rings (SSSR count). The average Bonchev–Trinajstić information content (AvgIpc) is 3.36. The molecular weight excluding hydrogens is 650 g/mol. The Bertz CT molecular complexity index is 1670. The number of amides is 1. The predicted octanol–water partition coefficient (Wildman–Crippen LogP) is 9.43. The summed E-state index contributed by atoms with van der Waals surface area (Å²) in [5.74, 6) is -0.224. The first kappa shape index (κ1) is 38.8. The molecule has 1 amide bonds. The molecule has 2 N–H and O–H groups in total. The minimum Gasteiger partial charge on any atom is -0.481 e. The molecule has 7 nitrogen and oxygen atoms in total. The fourth-order valence-electron chi connectivity index (χ4n) is 13.0. The Morgan fingerprint density at radius 1 is 0.865 bits per heavy atom. The molecule has 1 aromatic rings. The maximum atomic E-state index is 14.8. The van der Waals surface area contributed by atoms with Gasteiger partial charge in [0.25, 0.3) is 0 Å². The average molecular weight is 716 g/mol. The standard InChI is InChI=1S/C45H65NO6/c1-27(2)35-30(47)25-45(37(49)46-41(7,8)28-15-13-12-14-16-28)24-23-43(10)29(36(35)45)17-18-32-42(9)21-20-33(52-34(48)26-39(3,4)38(50)51)40(5,6)31(42)19-22-44(32,43)11/h12-16,27,29,31-33H,17-26H2,1-11H3,(H,46,49)(H,50,51)/t29-,31?,32?,33+,42+,43-,44-,45-/m1/s1. The van der Waals surface area contributed by atoms with Crippen LogP contribution in [0, 0.1) is 56.2 Å². The van der Waals surface area contributed by atoms with Gasteiger partial charge in [-0.1, -0.05) is 78.8 Å². The Kier molecular flexibility index (Phi) is 9.35. The van der Waals surface area contributed by atoms with Crippen LogP contribution in [0.2, 0.25) is 0 Å². The topological polar surface area (TPSA) is 110 Å². The molecule has 4 fully saturated rings. The van der Waals surface area contributed by atoms with Crippen LogP contribution in [0.5, 0.6) is 0 Å². The Morgan fingerprint density at radius 2 is 1.52 bits per heavy atom. The van der Waals surface area contributed by atoms with E-state index in [1.54, 1.807) is 13.8 Å². The minimum absolute atomic E-state index is 0.00621. The van der Waals surface area contributed by atoms with Gasteiger partial charge in [-0.2, -0.15) is 0 Å². The number of Topliss-reactive ketones (excluding diaryl/α,β-unsaturated/α-hetero) is 1. The van der Waals surface area contributed by atoms with Gasteiger partial charge >= 0.3 is 11.9 Å². The van der Waals surface area contributed by atoms with Gasteiger partial charge in [-0.15, -0.1) is 0 Å². The van der Waals surface area contributed by atoms with Gasteiger partial charge in [-0.25, -0.2) is 0 Å². The number of esters is 1. The van der Waals surface area contributed by atoms with Crippen molar-refractivity contribution >= 4 is 23.6 Å². The third-order valence-corrected chi connectivity index (χ3v) is 16.2. The summed E-state index contributed by atoms with van der Waals surface area (Å²) in [6.45, 7) is 23.6. The highest BCUT2D eigenvalue weighted by Gasteiger charge is 2.71. The van der Waals surface area contributed by atoms with Crippen LogP contribution in [-0.4, -0.2) is 34.8 Å². The molecule has 0 aromatic heterocycles. The van der Waals surface area contributed by atoms with Crippen LogP contribution in [0.3, 0.4) is 0 Å². The van der Waals surface area contributed by atoms with E-state index in [0.717, 1.165) is 61.7 Å². The van der Waals surface area contributed by atoms with E-state index in [2.05, 4.69) is 79.8 Å². The van der Waals surface area contributed by atoms with Gasteiger partial charge in [0.05, 0.1) is 22.8 Å². The number of aliphatic carboxylic acids is 1. The van der Waals surface area contributed by atoms with Crippen LogP contribution in [0.15, 0.2) is 41.5 Å². The molecule has 8 atom stereocenters. The van der Waals surface area contributed by atoms with E-state index in [9.17, 15) is 24.3 Å². The van der Waals surface area contributed by atoms with Crippen molar-refractivity contribution in [2.24, 2.45) is 56.2 Å². The molecule has 0 spiro atoms. The number of nitrogens with one attached hydrogen (secondary N) is 1. The number of carbonyl (C=O) groups is 4. The molecule has 5 aliphatic carbocycles. The molecule has 7 heteroatoms. The zero-order valence-corrected chi connectivity index (χ0v) is 33.8. The highest BCUT2D eigenvalue weighted by molar-refractivity contribution is 6.07. The Balaban J connectivity index is 1.31. The summed E-state index contributed by atoms with van der Waals surface area (Å²) >= 11 is 0. The number of ketones is 1. The van der Waals surface area contributed by atoms with E-state index in [0.29, 0.717) is 18.3 Å². The van der Waals surface area contributed by atoms with Crippen LogP contribution < -0.4 is 5.32 Å². The smallest absolute Gasteiger partial charge is 0.309 e. The molecule has 0 bridgehead atoms. The molecular formula is C45H65NO6. The van der Waals surface area contributed by atoms with Crippen LogP contribution in [0.1, 0.15) is 146 Å². The molecule has 4 saturated carbocycles. The monoisotopic (exact) mass is 715 g/mol. The second kappa shape index (κ2) is 12.5. The highest BCUT2D eigenvalue weighted by Crippen LogP contribution is 2.76. The Morgan fingerprint density at radius 3 is 2.13 bits per heavy atom. The van der Waals surface area contributed by atoms with Crippen molar-refractivity contribution in [2.75, 3.05) is 0 Å². The summed E-state index contributed by atoms with van der Waals surface area (Å²) in [5.41, 5.74) is 0.297. The third-order valence-electron chi connectivity index (χ3n) is 16.2. The molecule has 0 heterocycles. The zero-order valence-electron chi connectivity index (χ0n) is 33.8. The number of allylic oxidation sites excluding steroid dienone is 1. The Labute approximate surface area is 312 Å². The van der Waals surface area contributed by atoms with Crippen molar-refractivity contribution in [2.45, 2.75) is 152 Å². The third kappa shape index (κ3) is 5.63. The maximum Gasteiger partial charge on any atom is 0.309 e. The van der Waals surface area contributed by atoms with Gasteiger partial charge in [0.15, 0.2) is 5.78 Å². The number of ether oxygens (including phenoxy) is 1. The van der Waals surface area contributed by atoms with E-state index >= 15 is 0 Å².